The zero-order valence-corrected chi connectivity index (χ0v) is 11.1. The van der Waals surface area contributed by atoms with Crippen LogP contribution in [0.2, 0.25) is 0 Å². The van der Waals surface area contributed by atoms with Crippen molar-refractivity contribution in [3.63, 3.8) is 0 Å². The summed E-state index contributed by atoms with van der Waals surface area (Å²) in [7, 11) is 0. The van der Waals surface area contributed by atoms with Gasteiger partial charge in [-0.05, 0) is 51.7 Å². The lowest BCUT2D eigenvalue weighted by atomic mass is 10.1. The fourth-order valence-electron chi connectivity index (χ4n) is 2.46. The minimum absolute atomic E-state index is 0.224. The van der Waals surface area contributed by atoms with Crippen molar-refractivity contribution < 1.29 is 5.11 Å². The molecule has 0 bridgehead atoms. The smallest absolute Gasteiger partial charge is 0.0828 e. The van der Waals surface area contributed by atoms with Crippen LogP contribution in [-0.4, -0.2) is 51.2 Å². The molecule has 1 aromatic rings. The molecule has 102 valence electrons. The number of aliphatic hydroxyl groups excluding tert-OH is 1. The van der Waals surface area contributed by atoms with Crippen LogP contribution in [0.25, 0.3) is 0 Å². The molecule has 0 spiro atoms. The van der Waals surface area contributed by atoms with E-state index in [1.54, 1.807) is 0 Å². The van der Waals surface area contributed by atoms with Gasteiger partial charge in [-0.1, -0.05) is 11.6 Å². The van der Waals surface area contributed by atoms with Crippen LogP contribution in [0.15, 0.2) is 6.20 Å². The van der Waals surface area contributed by atoms with Gasteiger partial charge in [-0.25, -0.2) is 0 Å². The maximum absolute atomic E-state index is 8.76. The van der Waals surface area contributed by atoms with Crippen LogP contribution in [0.3, 0.4) is 0 Å². The lowest BCUT2D eigenvalue weighted by molar-refractivity contribution is 0.221. The van der Waals surface area contributed by atoms with Crippen LogP contribution < -0.4 is 0 Å². The van der Waals surface area contributed by atoms with Crippen molar-refractivity contribution in [2.75, 3.05) is 26.2 Å². The van der Waals surface area contributed by atoms with Gasteiger partial charge in [0.15, 0.2) is 0 Å². The molecule has 0 amide bonds. The fourth-order valence-corrected chi connectivity index (χ4v) is 2.46. The van der Waals surface area contributed by atoms with Gasteiger partial charge in [0.05, 0.1) is 5.69 Å². The molecule has 1 aliphatic rings. The molecule has 0 aliphatic carbocycles. The third-order valence-corrected chi connectivity index (χ3v) is 3.49. The highest BCUT2D eigenvalue weighted by Gasteiger charge is 2.09. The number of nitrogens with zero attached hydrogens (tertiary/aromatic N) is 4. The lowest BCUT2D eigenvalue weighted by Gasteiger charge is -2.26. The molecule has 0 atom stereocenters. The molecule has 0 unspecified atom stereocenters. The molecular weight excluding hydrogens is 228 g/mol. The molecule has 1 aromatic heterocycles. The van der Waals surface area contributed by atoms with E-state index >= 15 is 0 Å². The molecule has 0 saturated carbocycles. The van der Waals surface area contributed by atoms with Gasteiger partial charge in [-0.3, -0.25) is 4.68 Å². The average molecular weight is 252 g/mol. The number of rotatable bonds is 7. The summed E-state index contributed by atoms with van der Waals surface area (Å²) >= 11 is 0. The van der Waals surface area contributed by atoms with E-state index in [2.05, 4.69) is 15.2 Å². The third-order valence-electron chi connectivity index (χ3n) is 3.49. The van der Waals surface area contributed by atoms with Gasteiger partial charge in [0.2, 0.25) is 0 Å². The first kappa shape index (κ1) is 13.5. The van der Waals surface area contributed by atoms with Crippen LogP contribution in [0.1, 0.15) is 37.8 Å². The summed E-state index contributed by atoms with van der Waals surface area (Å²) in [6.45, 7) is 4.87. The Morgan fingerprint density at radius 1 is 1.11 bits per heavy atom. The third kappa shape index (κ3) is 4.38. The first-order valence-electron chi connectivity index (χ1n) is 7.11. The van der Waals surface area contributed by atoms with E-state index in [4.69, 9.17) is 5.11 Å². The highest BCUT2D eigenvalue weighted by molar-refractivity contribution is 4.92. The van der Waals surface area contributed by atoms with Crippen LogP contribution >= 0.6 is 0 Å². The molecule has 2 rings (SSSR count). The summed E-state index contributed by atoms with van der Waals surface area (Å²) in [6.07, 6.45) is 8.85. The Hall–Kier alpha value is -0.940. The second-order valence-electron chi connectivity index (χ2n) is 5.06. The highest BCUT2D eigenvalue weighted by atomic mass is 16.2. The molecule has 2 heterocycles. The first-order chi connectivity index (χ1) is 8.88. The normalized spacial score (nSPS) is 17.2. The SMILES string of the molecule is OCCCc1cn(CCCN2CCCCC2)nn1. The van der Waals surface area contributed by atoms with E-state index in [1.807, 2.05) is 10.9 Å². The van der Waals surface area contributed by atoms with Gasteiger partial charge in [-0.15, -0.1) is 5.10 Å². The molecule has 0 aromatic carbocycles. The van der Waals surface area contributed by atoms with Crippen LogP contribution in [0, 0.1) is 0 Å². The Labute approximate surface area is 109 Å². The largest absolute Gasteiger partial charge is 0.396 e. The number of aryl methyl sites for hydroxylation is 2. The minimum atomic E-state index is 0.224. The second kappa shape index (κ2) is 7.48. The van der Waals surface area contributed by atoms with Crippen LogP contribution in [0.4, 0.5) is 0 Å². The number of hydrogen-bond acceptors (Lipinski definition) is 4. The molecule has 18 heavy (non-hydrogen) atoms. The fraction of sp³-hybridized carbons (Fsp3) is 0.846. The predicted octanol–water partition coefficient (Wildman–Crippen LogP) is 1.08. The van der Waals surface area contributed by atoms with Gasteiger partial charge >= 0.3 is 0 Å². The maximum Gasteiger partial charge on any atom is 0.0828 e. The van der Waals surface area contributed by atoms with E-state index in [0.717, 1.165) is 31.5 Å². The Morgan fingerprint density at radius 2 is 1.94 bits per heavy atom. The molecule has 5 heteroatoms. The minimum Gasteiger partial charge on any atom is -0.396 e. The van der Waals surface area contributed by atoms with E-state index in [-0.39, 0.29) is 6.61 Å². The molecule has 0 radical (unpaired) electrons. The molecular formula is C13H24N4O. The topological polar surface area (TPSA) is 54.2 Å². The van der Waals surface area contributed by atoms with E-state index < -0.39 is 0 Å². The van der Waals surface area contributed by atoms with Crippen molar-refractivity contribution in [2.24, 2.45) is 0 Å². The summed E-state index contributed by atoms with van der Waals surface area (Å²) < 4.78 is 1.93. The number of aliphatic hydroxyl groups is 1. The van der Waals surface area contributed by atoms with Gasteiger partial charge < -0.3 is 10.0 Å². The van der Waals surface area contributed by atoms with E-state index in [0.29, 0.717) is 0 Å². The standard InChI is InChI=1S/C13H24N4O/c18-11-4-6-13-12-17(15-14-13)10-5-9-16-7-2-1-3-8-16/h12,18H,1-11H2. The Morgan fingerprint density at radius 3 is 2.72 bits per heavy atom. The van der Waals surface area contributed by atoms with E-state index in [9.17, 15) is 0 Å². The molecule has 1 N–H and O–H groups in total. The van der Waals surface area contributed by atoms with E-state index in [1.165, 1.54) is 38.9 Å². The Balaban J connectivity index is 1.64. The van der Waals surface area contributed by atoms with Crippen LogP contribution in [0.5, 0.6) is 0 Å². The zero-order valence-electron chi connectivity index (χ0n) is 11.1. The average Bonchev–Trinajstić information content (AvgIpc) is 2.85. The Kier molecular flexibility index (Phi) is 5.61. The molecule has 1 fully saturated rings. The summed E-state index contributed by atoms with van der Waals surface area (Å²) in [6, 6.07) is 0. The van der Waals surface area contributed by atoms with Gasteiger partial charge in [0, 0.05) is 19.3 Å². The number of likely N-dealkylation sites (tertiary alicyclic amines) is 1. The maximum atomic E-state index is 8.76. The highest BCUT2D eigenvalue weighted by Crippen LogP contribution is 2.09. The van der Waals surface area contributed by atoms with Crippen molar-refractivity contribution in [3.8, 4) is 0 Å². The molecule has 1 saturated heterocycles. The second-order valence-corrected chi connectivity index (χ2v) is 5.06. The van der Waals surface area contributed by atoms with Crippen LogP contribution in [-0.2, 0) is 13.0 Å². The van der Waals surface area contributed by atoms with Crippen molar-refractivity contribution in [1.29, 1.82) is 0 Å². The van der Waals surface area contributed by atoms with Crippen molar-refractivity contribution in [2.45, 2.75) is 45.1 Å². The van der Waals surface area contributed by atoms with Crippen molar-refractivity contribution in [3.05, 3.63) is 11.9 Å². The quantitative estimate of drug-likeness (QED) is 0.789. The Bertz CT molecular complexity index is 333. The van der Waals surface area contributed by atoms with Gasteiger partial charge in [-0.2, -0.15) is 0 Å². The summed E-state index contributed by atoms with van der Waals surface area (Å²) in [5.41, 5.74) is 0.988. The number of piperidine rings is 1. The van der Waals surface area contributed by atoms with Gasteiger partial charge in [0.1, 0.15) is 0 Å². The molecule has 1 aliphatic heterocycles. The summed E-state index contributed by atoms with van der Waals surface area (Å²) in [4.78, 5) is 2.55. The van der Waals surface area contributed by atoms with Crippen molar-refractivity contribution in [1.82, 2.24) is 19.9 Å². The predicted molar refractivity (Wildman–Crippen MR) is 70.3 cm³/mol. The first-order valence-corrected chi connectivity index (χ1v) is 7.11. The van der Waals surface area contributed by atoms with Gasteiger partial charge in [0.25, 0.3) is 0 Å². The summed E-state index contributed by atoms with van der Waals surface area (Å²) in [5.74, 6) is 0. The monoisotopic (exact) mass is 252 g/mol. The lowest BCUT2D eigenvalue weighted by Crippen LogP contribution is -2.31. The number of hydrogen-bond donors (Lipinski definition) is 1. The van der Waals surface area contributed by atoms with Crippen molar-refractivity contribution >= 4 is 0 Å². The molecule has 5 nitrogen and oxygen atoms in total. The number of aromatic nitrogens is 3. The zero-order chi connectivity index (χ0) is 12.6. The summed E-state index contributed by atoms with van der Waals surface area (Å²) in [5, 5.41) is 17.0.